The van der Waals surface area contributed by atoms with E-state index >= 15 is 0 Å². The molecule has 0 saturated carbocycles. The Morgan fingerprint density at radius 1 is 1.18 bits per heavy atom. The first-order valence-corrected chi connectivity index (χ1v) is 9.34. The molecular formula is C23H24N2O3. The van der Waals surface area contributed by atoms with Crippen LogP contribution in [0.4, 0.5) is 0 Å². The summed E-state index contributed by atoms with van der Waals surface area (Å²) in [5.41, 5.74) is 1.60. The van der Waals surface area contributed by atoms with Gasteiger partial charge in [0.15, 0.2) is 0 Å². The summed E-state index contributed by atoms with van der Waals surface area (Å²) in [6, 6.07) is 15.1. The number of carbonyl (C=O) groups excluding carboxylic acids is 1. The molecule has 0 bridgehead atoms. The van der Waals surface area contributed by atoms with Crippen LogP contribution in [-0.4, -0.2) is 36.0 Å². The van der Waals surface area contributed by atoms with Crippen LogP contribution in [0.1, 0.15) is 29.3 Å². The highest BCUT2D eigenvalue weighted by Gasteiger charge is 2.19. The van der Waals surface area contributed by atoms with Crippen molar-refractivity contribution in [1.82, 2.24) is 9.88 Å². The van der Waals surface area contributed by atoms with Crippen LogP contribution in [0.15, 0.2) is 65.6 Å². The first kappa shape index (κ1) is 19.4. The van der Waals surface area contributed by atoms with Gasteiger partial charge in [-0.2, -0.15) is 0 Å². The van der Waals surface area contributed by atoms with Crippen LogP contribution in [0.2, 0.25) is 0 Å². The zero-order valence-corrected chi connectivity index (χ0v) is 16.1. The number of benzene rings is 2. The Bertz CT molecular complexity index is 1040. The summed E-state index contributed by atoms with van der Waals surface area (Å²) < 4.78 is 5.20. The second-order valence-corrected chi connectivity index (χ2v) is 6.51. The van der Waals surface area contributed by atoms with Crippen molar-refractivity contribution in [3.63, 3.8) is 0 Å². The Morgan fingerprint density at radius 3 is 2.68 bits per heavy atom. The number of aromatic nitrogens is 1. The van der Waals surface area contributed by atoms with Gasteiger partial charge in [0.1, 0.15) is 11.3 Å². The maximum absolute atomic E-state index is 13.0. The van der Waals surface area contributed by atoms with Gasteiger partial charge in [0.05, 0.1) is 7.11 Å². The molecule has 0 aliphatic heterocycles. The monoisotopic (exact) mass is 376 g/mol. The summed E-state index contributed by atoms with van der Waals surface area (Å²) in [6.45, 7) is 3.03. The molecule has 1 aromatic heterocycles. The number of methoxy groups -OCH3 is 1. The van der Waals surface area contributed by atoms with Gasteiger partial charge in [-0.05, 0) is 30.2 Å². The van der Waals surface area contributed by atoms with Crippen molar-refractivity contribution in [1.29, 1.82) is 0 Å². The minimum absolute atomic E-state index is 0.141. The SMILES string of the molecule is CCCN(CC=Cc1ccccc1)C(=O)c1c[nH]c2ccc(OC)cc2c1=O. The van der Waals surface area contributed by atoms with E-state index in [1.807, 2.05) is 49.4 Å². The number of carbonyl (C=O) groups is 1. The van der Waals surface area contributed by atoms with E-state index in [4.69, 9.17) is 4.74 Å². The second-order valence-electron chi connectivity index (χ2n) is 6.51. The minimum Gasteiger partial charge on any atom is -0.497 e. The fourth-order valence-electron chi connectivity index (χ4n) is 3.08. The van der Waals surface area contributed by atoms with Gasteiger partial charge in [-0.15, -0.1) is 0 Å². The van der Waals surface area contributed by atoms with Gasteiger partial charge in [-0.3, -0.25) is 9.59 Å². The highest BCUT2D eigenvalue weighted by Crippen LogP contribution is 2.17. The molecule has 5 heteroatoms. The van der Waals surface area contributed by atoms with E-state index in [1.54, 1.807) is 30.2 Å². The topological polar surface area (TPSA) is 62.4 Å². The van der Waals surface area contributed by atoms with Gasteiger partial charge in [0.25, 0.3) is 5.91 Å². The molecule has 0 radical (unpaired) electrons. The Labute approximate surface area is 164 Å². The molecule has 0 aliphatic rings. The van der Waals surface area contributed by atoms with Crippen molar-refractivity contribution in [2.75, 3.05) is 20.2 Å². The molecular weight excluding hydrogens is 352 g/mol. The average Bonchev–Trinajstić information content (AvgIpc) is 2.73. The number of rotatable bonds is 7. The molecule has 0 atom stereocenters. The van der Waals surface area contributed by atoms with Crippen LogP contribution < -0.4 is 10.2 Å². The average molecular weight is 376 g/mol. The predicted molar refractivity (Wildman–Crippen MR) is 113 cm³/mol. The van der Waals surface area contributed by atoms with Crippen molar-refractivity contribution >= 4 is 22.9 Å². The molecule has 1 heterocycles. The third-order valence-electron chi connectivity index (χ3n) is 4.53. The molecule has 28 heavy (non-hydrogen) atoms. The molecule has 3 aromatic rings. The molecule has 1 amide bonds. The lowest BCUT2D eigenvalue weighted by molar-refractivity contribution is 0.0772. The molecule has 0 aliphatic carbocycles. The number of pyridine rings is 1. The van der Waals surface area contributed by atoms with E-state index in [9.17, 15) is 9.59 Å². The van der Waals surface area contributed by atoms with Gasteiger partial charge in [-0.25, -0.2) is 0 Å². The summed E-state index contributed by atoms with van der Waals surface area (Å²) in [5, 5.41) is 0.446. The van der Waals surface area contributed by atoms with E-state index < -0.39 is 0 Å². The fraction of sp³-hybridized carbons (Fsp3) is 0.217. The number of H-pyrrole nitrogens is 1. The summed E-state index contributed by atoms with van der Waals surface area (Å²) in [4.78, 5) is 30.7. The molecule has 0 spiro atoms. The first-order chi connectivity index (χ1) is 13.6. The zero-order chi connectivity index (χ0) is 19.9. The summed E-state index contributed by atoms with van der Waals surface area (Å²) in [7, 11) is 1.55. The number of ether oxygens (including phenoxy) is 1. The standard InChI is InChI=1S/C23H24N2O3/c1-3-13-25(14-7-10-17-8-5-4-6-9-17)23(27)20-16-24-21-12-11-18(28-2)15-19(21)22(20)26/h4-12,15-16H,3,13-14H2,1-2H3,(H,24,26). The third-order valence-corrected chi connectivity index (χ3v) is 4.53. The fourth-order valence-corrected chi connectivity index (χ4v) is 3.08. The minimum atomic E-state index is -0.286. The number of hydrogen-bond acceptors (Lipinski definition) is 3. The third kappa shape index (κ3) is 4.31. The number of nitrogens with zero attached hydrogens (tertiary/aromatic N) is 1. The smallest absolute Gasteiger partial charge is 0.259 e. The molecule has 0 fully saturated rings. The molecule has 0 saturated heterocycles. The number of aromatic amines is 1. The van der Waals surface area contributed by atoms with Gasteiger partial charge in [0.2, 0.25) is 5.43 Å². The largest absolute Gasteiger partial charge is 0.497 e. The van der Waals surface area contributed by atoms with E-state index in [1.165, 1.54) is 6.20 Å². The van der Waals surface area contributed by atoms with Gasteiger partial charge < -0.3 is 14.6 Å². The van der Waals surface area contributed by atoms with E-state index in [0.717, 1.165) is 12.0 Å². The van der Waals surface area contributed by atoms with Crippen LogP contribution >= 0.6 is 0 Å². The van der Waals surface area contributed by atoms with E-state index in [-0.39, 0.29) is 16.9 Å². The van der Waals surface area contributed by atoms with Crippen LogP contribution in [-0.2, 0) is 0 Å². The lowest BCUT2D eigenvalue weighted by atomic mass is 10.1. The number of hydrogen-bond donors (Lipinski definition) is 1. The van der Waals surface area contributed by atoms with Crippen molar-refractivity contribution in [2.45, 2.75) is 13.3 Å². The van der Waals surface area contributed by atoms with Crippen LogP contribution in [0.25, 0.3) is 17.0 Å². The quantitative estimate of drug-likeness (QED) is 0.675. The molecule has 5 nitrogen and oxygen atoms in total. The van der Waals surface area contributed by atoms with Crippen molar-refractivity contribution in [3.05, 3.63) is 82.2 Å². The molecule has 2 aromatic carbocycles. The first-order valence-electron chi connectivity index (χ1n) is 9.34. The number of nitrogens with one attached hydrogen (secondary N) is 1. The normalized spacial score (nSPS) is 11.1. The maximum atomic E-state index is 13.0. The van der Waals surface area contributed by atoms with Crippen LogP contribution in [0.5, 0.6) is 5.75 Å². The molecule has 144 valence electrons. The zero-order valence-electron chi connectivity index (χ0n) is 16.1. The van der Waals surface area contributed by atoms with E-state index in [0.29, 0.717) is 29.7 Å². The summed E-state index contributed by atoms with van der Waals surface area (Å²) >= 11 is 0. The summed E-state index contributed by atoms with van der Waals surface area (Å²) in [5.74, 6) is 0.310. The van der Waals surface area contributed by atoms with Gasteiger partial charge in [-0.1, -0.05) is 49.4 Å². The van der Waals surface area contributed by atoms with Crippen molar-refractivity contribution in [3.8, 4) is 5.75 Å². The predicted octanol–water partition coefficient (Wildman–Crippen LogP) is 4.10. The Balaban J connectivity index is 1.87. The Morgan fingerprint density at radius 2 is 1.96 bits per heavy atom. The highest BCUT2D eigenvalue weighted by atomic mass is 16.5. The second kappa shape index (κ2) is 9.04. The number of fused-ring (bicyclic) bond motifs is 1. The lowest BCUT2D eigenvalue weighted by Crippen LogP contribution is -2.35. The Kier molecular flexibility index (Phi) is 6.27. The lowest BCUT2D eigenvalue weighted by Gasteiger charge is -2.20. The van der Waals surface area contributed by atoms with E-state index in [2.05, 4.69) is 4.98 Å². The van der Waals surface area contributed by atoms with Gasteiger partial charge in [0, 0.05) is 30.2 Å². The molecule has 1 N–H and O–H groups in total. The van der Waals surface area contributed by atoms with Gasteiger partial charge >= 0.3 is 0 Å². The molecule has 3 rings (SSSR count). The Hall–Kier alpha value is -3.34. The van der Waals surface area contributed by atoms with Crippen LogP contribution in [0, 0.1) is 0 Å². The number of amides is 1. The maximum Gasteiger partial charge on any atom is 0.259 e. The highest BCUT2D eigenvalue weighted by molar-refractivity contribution is 5.97. The van der Waals surface area contributed by atoms with Crippen LogP contribution in [0.3, 0.4) is 0 Å². The van der Waals surface area contributed by atoms with Crippen molar-refractivity contribution < 1.29 is 9.53 Å². The molecule has 0 unspecified atom stereocenters. The summed E-state index contributed by atoms with van der Waals surface area (Å²) in [6.07, 6.45) is 6.24. The van der Waals surface area contributed by atoms with Crippen molar-refractivity contribution in [2.24, 2.45) is 0 Å².